The number of nitrogens with zero attached hydrogens (tertiary/aromatic N) is 1. The molecule has 1 atom stereocenters. The molecule has 1 saturated heterocycles. The van der Waals surface area contributed by atoms with Gasteiger partial charge in [-0.1, -0.05) is 0 Å². The average molecular weight is 281 g/mol. The van der Waals surface area contributed by atoms with E-state index in [-0.39, 0.29) is 19.3 Å². The number of amides is 1. The molecule has 0 aliphatic carbocycles. The van der Waals surface area contributed by atoms with Gasteiger partial charge in [-0.2, -0.15) is 12.7 Å². The van der Waals surface area contributed by atoms with Crippen LogP contribution in [0.3, 0.4) is 0 Å². The number of ether oxygens (including phenoxy) is 2. The highest BCUT2D eigenvalue weighted by Crippen LogP contribution is 2.02. The highest BCUT2D eigenvalue weighted by Gasteiger charge is 2.25. The second kappa shape index (κ2) is 6.88. The smallest absolute Gasteiger partial charge is 0.421 e. The average Bonchev–Trinajstić information content (AvgIpc) is 2.29. The third-order valence-corrected chi connectivity index (χ3v) is 3.76. The minimum absolute atomic E-state index is 0.112. The van der Waals surface area contributed by atoms with Crippen molar-refractivity contribution < 1.29 is 22.7 Å². The summed E-state index contributed by atoms with van der Waals surface area (Å²) in [4.78, 5) is 11.1. The first kappa shape index (κ1) is 15.2. The van der Waals surface area contributed by atoms with E-state index >= 15 is 0 Å². The molecule has 0 aromatic rings. The van der Waals surface area contributed by atoms with Gasteiger partial charge in [0.25, 0.3) is 0 Å². The molecule has 0 radical (unpaired) electrons. The highest BCUT2D eigenvalue weighted by molar-refractivity contribution is 7.87. The van der Waals surface area contributed by atoms with E-state index in [4.69, 9.17) is 4.74 Å². The van der Waals surface area contributed by atoms with Crippen LogP contribution in [0.2, 0.25) is 0 Å². The minimum Gasteiger partial charge on any atom is -0.449 e. The Hall–Kier alpha value is -0.900. The Kier molecular flexibility index (Phi) is 5.79. The summed E-state index contributed by atoms with van der Waals surface area (Å²) in [5.41, 5.74) is 0. The Balaban J connectivity index is 2.47. The Morgan fingerprint density at radius 2 is 2.33 bits per heavy atom. The zero-order chi connectivity index (χ0) is 13.6. The molecule has 9 heteroatoms. The molecule has 1 rings (SSSR count). The van der Waals surface area contributed by atoms with Gasteiger partial charge in [0.15, 0.2) is 0 Å². The van der Waals surface area contributed by atoms with E-state index in [0.29, 0.717) is 13.2 Å². The van der Waals surface area contributed by atoms with Crippen molar-refractivity contribution >= 4 is 16.3 Å². The Labute approximate surface area is 107 Å². The number of morpholine rings is 1. The van der Waals surface area contributed by atoms with Gasteiger partial charge >= 0.3 is 16.3 Å². The SMILES string of the molecule is CCOC(=O)NS(=O)(=O)N(C)CC1CNCCO1. The molecule has 1 aliphatic heterocycles. The topological polar surface area (TPSA) is 97.0 Å². The van der Waals surface area contributed by atoms with Crippen molar-refractivity contribution in [3.05, 3.63) is 0 Å². The van der Waals surface area contributed by atoms with Gasteiger partial charge in [-0.3, -0.25) is 0 Å². The first-order valence-electron chi connectivity index (χ1n) is 5.69. The second-order valence-corrected chi connectivity index (χ2v) is 5.58. The number of rotatable bonds is 5. The standard InChI is InChI=1S/C9H19N3O5S/c1-3-16-9(13)11-18(14,15)12(2)7-8-6-10-4-5-17-8/h8,10H,3-7H2,1-2H3,(H,11,13). The molecule has 1 heterocycles. The molecule has 0 aromatic carbocycles. The molecule has 0 spiro atoms. The van der Waals surface area contributed by atoms with E-state index in [2.05, 4.69) is 10.1 Å². The summed E-state index contributed by atoms with van der Waals surface area (Å²) in [6.07, 6.45) is -1.20. The number of nitrogens with one attached hydrogen (secondary N) is 2. The molecular weight excluding hydrogens is 262 g/mol. The van der Waals surface area contributed by atoms with Crippen LogP contribution < -0.4 is 10.0 Å². The van der Waals surface area contributed by atoms with Crippen LogP contribution in [0.1, 0.15) is 6.92 Å². The zero-order valence-corrected chi connectivity index (χ0v) is 11.3. The predicted molar refractivity (Wildman–Crippen MR) is 64.3 cm³/mol. The Bertz CT molecular complexity index is 366. The maximum Gasteiger partial charge on any atom is 0.421 e. The largest absolute Gasteiger partial charge is 0.449 e. The first-order chi connectivity index (χ1) is 8.45. The molecule has 0 saturated carbocycles. The van der Waals surface area contributed by atoms with Gasteiger partial charge in [-0.15, -0.1) is 0 Å². The quantitative estimate of drug-likeness (QED) is 0.664. The molecule has 8 nitrogen and oxygen atoms in total. The molecule has 2 N–H and O–H groups in total. The number of carbonyl (C=O) groups is 1. The van der Waals surface area contributed by atoms with Crippen LogP contribution >= 0.6 is 0 Å². The van der Waals surface area contributed by atoms with Crippen LogP contribution in [0.25, 0.3) is 0 Å². The second-order valence-electron chi connectivity index (χ2n) is 3.80. The zero-order valence-electron chi connectivity index (χ0n) is 10.5. The lowest BCUT2D eigenvalue weighted by Gasteiger charge is -2.27. The summed E-state index contributed by atoms with van der Waals surface area (Å²) in [6.45, 7) is 3.76. The monoisotopic (exact) mass is 281 g/mol. The number of hydrogen-bond donors (Lipinski definition) is 2. The number of hydrogen-bond acceptors (Lipinski definition) is 6. The van der Waals surface area contributed by atoms with Gasteiger partial charge in [-0.25, -0.2) is 9.52 Å². The summed E-state index contributed by atoms with van der Waals surface area (Å²) in [6, 6.07) is 0. The molecule has 0 aromatic heterocycles. The molecule has 18 heavy (non-hydrogen) atoms. The third-order valence-electron chi connectivity index (χ3n) is 2.36. The minimum atomic E-state index is -3.88. The van der Waals surface area contributed by atoms with E-state index in [1.54, 1.807) is 6.92 Å². The van der Waals surface area contributed by atoms with Crippen molar-refractivity contribution in [1.82, 2.24) is 14.3 Å². The fraction of sp³-hybridized carbons (Fsp3) is 0.889. The molecule has 106 valence electrons. The van der Waals surface area contributed by atoms with Gasteiger partial charge in [-0.05, 0) is 6.92 Å². The van der Waals surface area contributed by atoms with Crippen LogP contribution in [-0.2, 0) is 19.7 Å². The maximum atomic E-state index is 11.7. The lowest BCUT2D eigenvalue weighted by atomic mass is 10.3. The van der Waals surface area contributed by atoms with Gasteiger partial charge in [0.05, 0.1) is 19.3 Å². The van der Waals surface area contributed by atoms with Crippen molar-refractivity contribution in [2.45, 2.75) is 13.0 Å². The van der Waals surface area contributed by atoms with Gasteiger partial charge < -0.3 is 14.8 Å². The summed E-state index contributed by atoms with van der Waals surface area (Å²) in [7, 11) is -2.51. The molecule has 1 aliphatic rings. The van der Waals surface area contributed by atoms with Crippen molar-refractivity contribution in [3.63, 3.8) is 0 Å². The van der Waals surface area contributed by atoms with E-state index in [1.165, 1.54) is 7.05 Å². The Morgan fingerprint density at radius 1 is 1.61 bits per heavy atom. The molecule has 0 bridgehead atoms. The van der Waals surface area contributed by atoms with Crippen LogP contribution in [0.4, 0.5) is 4.79 Å². The van der Waals surface area contributed by atoms with Crippen molar-refractivity contribution in [3.8, 4) is 0 Å². The van der Waals surface area contributed by atoms with Gasteiger partial charge in [0, 0.05) is 26.7 Å². The van der Waals surface area contributed by atoms with Crippen LogP contribution in [0, 0.1) is 0 Å². The fourth-order valence-electron chi connectivity index (χ4n) is 1.47. The lowest BCUT2D eigenvalue weighted by Crippen LogP contribution is -2.49. The van der Waals surface area contributed by atoms with Crippen LogP contribution in [0.15, 0.2) is 0 Å². The first-order valence-corrected chi connectivity index (χ1v) is 7.13. The van der Waals surface area contributed by atoms with Gasteiger partial charge in [0.1, 0.15) is 0 Å². The summed E-state index contributed by atoms with van der Waals surface area (Å²) >= 11 is 0. The summed E-state index contributed by atoms with van der Waals surface area (Å²) < 4.78 is 36.2. The normalized spacial score (nSPS) is 20.7. The maximum absolute atomic E-state index is 11.7. The van der Waals surface area contributed by atoms with Crippen molar-refractivity contribution in [1.29, 1.82) is 0 Å². The molecular formula is C9H19N3O5S. The highest BCUT2D eigenvalue weighted by atomic mass is 32.2. The fourth-order valence-corrected chi connectivity index (χ4v) is 2.25. The van der Waals surface area contributed by atoms with E-state index in [1.807, 2.05) is 4.72 Å². The number of carbonyl (C=O) groups excluding carboxylic acids is 1. The number of likely N-dealkylation sites (N-methyl/N-ethyl adjacent to an activating group) is 1. The molecule has 1 amide bonds. The Morgan fingerprint density at radius 3 is 2.89 bits per heavy atom. The van der Waals surface area contributed by atoms with Crippen molar-refractivity contribution in [2.24, 2.45) is 0 Å². The lowest BCUT2D eigenvalue weighted by molar-refractivity contribution is 0.0204. The summed E-state index contributed by atoms with van der Waals surface area (Å²) in [5.74, 6) is 0. The summed E-state index contributed by atoms with van der Waals surface area (Å²) in [5, 5.41) is 3.09. The molecule has 1 unspecified atom stereocenters. The van der Waals surface area contributed by atoms with Crippen LogP contribution in [0.5, 0.6) is 0 Å². The van der Waals surface area contributed by atoms with E-state index in [0.717, 1.165) is 10.8 Å². The predicted octanol–water partition coefficient (Wildman–Crippen LogP) is -1.10. The molecule has 1 fully saturated rings. The van der Waals surface area contributed by atoms with E-state index in [9.17, 15) is 13.2 Å². The van der Waals surface area contributed by atoms with Crippen molar-refractivity contribution in [2.75, 3.05) is 39.9 Å². The third kappa shape index (κ3) is 4.77. The van der Waals surface area contributed by atoms with Crippen LogP contribution in [-0.4, -0.2) is 64.8 Å². The van der Waals surface area contributed by atoms with E-state index < -0.39 is 16.3 Å². The van der Waals surface area contributed by atoms with Gasteiger partial charge in [0.2, 0.25) is 0 Å².